The van der Waals surface area contributed by atoms with E-state index in [0.29, 0.717) is 0 Å². The Bertz CT molecular complexity index is 1550. The molecule has 42 heavy (non-hydrogen) atoms. The molecule has 2 aliphatic rings. The number of fused-ring (bicyclic) bond motifs is 2. The van der Waals surface area contributed by atoms with Crippen LogP contribution in [0.15, 0.2) is 78.6 Å². The van der Waals surface area contributed by atoms with Crippen molar-refractivity contribution >= 4 is 28.7 Å². The second-order valence-electron chi connectivity index (χ2n) is 12.9. The van der Waals surface area contributed by atoms with Gasteiger partial charge < -0.3 is 14.4 Å². The largest absolute Gasteiger partial charge is 0.443 e. The smallest absolute Gasteiger partial charge is 0.425 e. The zero-order valence-electron chi connectivity index (χ0n) is 25.4. The van der Waals surface area contributed by atoms with Crippen LogP contribution >= 0.6 is 0 Å². The van der Waals surface area contributed by atoms with Gasteiger partial charge in [0, 0.05) is 19.0 Å². The number of ether oxygens (including phenoxy) is 2. The highest BCUT2D eigenvalue weighted by Gasteiger charge is 2.35. The summed E-state index contributed by atoms with van der Waals surface area (Å²) < 4.78 is 11.0. The maximum Gasteiger partial charge on any atom is 0.425 e. The van der Waals surface area contributed by atoms with Crippen LogP contribution in [-0.4, -0.2) is 46.8 Å². The summed E-state index contributed by atoms with van der Waals surface area (Å²) in [5.41, 5.74) is 10.3. The first-order valence-electron chi connectivity index (χ1n) is 14.3. The fraction of sp³-hybridized carbons (Fsp3) is 0.353. The van der Waals surface area contributed by atoms with Crippen molar-refractivity contribution in [2.24, 2.45) is 0 Å². The van der Waals surface area contributed by atoms with Crippen LogP contribution in [0.2, 0.25) is 0 Å². The van der Waals surface area contributed by atoms with E-state index in [0.717, 1.165) is 29.2 Å². The Morgan fingerprint density at radius 3 is 2.12 bits per heavy atom. The van der Waals surface area contributed by atoms with E-state index in [9.17, 15) is 9.59 Å². The molecule has 2 aliphatic heterocycles. The fourth-order valence-electron chi connectivity index (χ4n) is 5.29. The van der Waals surface area contributed by atoms with Crippen LogP contribution in [0.1, 0.15) is 69.7 Å². The van der Waals surface area contributed by atoms with Crippen LogP contribution in [-0.2, 0) is 16.0 Å². The molecule has 0 bridgehead atoms. The van der Waals surface area contributed by atoms with E-state index in [2.05, 4.69) is 83.5 Å². The minimum atomic E-state index is -0.828. The van der Waals surface area contributed by atoms with Crippen LogP contribution < -0.4 is 10.9 Å². The standard InChI is InChI=1S/C34H40N4O4/c1-33(2,3)41-31(39)38(32(40)42-34(4,5)6)30-17-16-29(35-36-30)25-14-15-27-26(19-25)20-37(7)21-28(27)24-13-12-22-10-8-9-11-23(22)18-24/h8-19,28,35-36H,20-21H2,1-7H3/t28-/m0/s1. The lowest BCUT2D eigenvalue weighted by atomic mass is 9.83. The highest BCUT2D eigenvalue weighted by molar-refractivity contribution is 5.91. The van der Waals surface area contributed by atoms with Crippen LogP contribution in [0, 0.1) is 0 Å². The molecule has 0 saturated carbocycles. The molecule has 2 heterocycles. The summed E-state index contributed by atoms with van der Waals surface area (Å²) in [6.07, 6.45) is 1.85. The lowest BCUT2D eigenvalue weighted by Crippen LogP contribution is -2.49. The molecule has 0 saturated heterocycles. The predicted octanol–water partition coefficient (Wildman–Crippen LogP) is 6.88. The molecule has 0 unspecified atom stereocenters. The van der Waals surface area contributed by atoms with Gasteiger partial charge in [-0.1, -0.05) is 54.6 Å². The number of nitrogens with one attached hydrogen (secondary N) is 2. The Morgan fingerprint density at radius 1 is 0.833 bits per heavy atom. The van der Waals surface area contributed by atoms with Crippen molar-refractivity contribution in [3.63, 3.8) is 0 Å². The third kappa shape index (κ3) is 6.60. The van der Waals surface area contributed by atoms with Crippen LogP contribution in [0.4, 0.5) is 9.59 Å². The van der Waals surface area contributed by atoms with Gasteiger partial charge >= 0.3 is 12.2 Å². The first-order chi connectivity index (χ1) is 19.8. The minimum Gasteiger partial charge on any atom is -0.443 e. The topological polar surface area (TPSA) is 83.1 Å². The minimum absolute atomic E-state index is 0.205. The van der Waals surface area contributed by atoms with E-state index in [4.69, 9.17) is 9.47 Å². The first kappa shape index (κ1) is 29.2. The Labute approximate surface area is 247 Å². The van der Waals surface area contributed by atoms with Crippen LogP contribution in [0.3, 0.4) is 0 Å². The zero-order chi connectivity index (χ0) is 30.2. The van der Waals surface area contributed by atoms with Crippen molar-refractivity contribution in [3.05, 3.63) is 101 Å². The number of benzene rings is 3. The zero-order valence-corrected chi connectivity index (χ0v) is 25.4. The molecule has 2 N–H and O–H groups in total. The SMILES string of the molecule is CN1Cc2cc(C3=CC=C(N(C(=O)OC(C)(C)C)C(=O)OC(C)(C)C)NN3)ccc2[C@H](c2ccc3ccccc3c2)C1. The Balaban J connectivity index is 1.43. The van der Waals surface area contributed by atoms with E-state index in [1.807, 2.05) is 6.08 Å². The number of imide groups is 1. The number of hydrogen-bond donors (Lipinski definition) is 2. The summed E-state index contributed by atoms with van der Waals surface area (Å²) in [6.45, 7) is 12.3. The molecular weight excluding hydrogens is 528 g/mol. The van der Waals surface area contributed by atoms with Crippen molar-refractivity contribution in [3.8, 4) is 0 Å². The highest BCUT2D eigenvalue weighted by Crippen LogP contribution is 2.35. The molecule has 2 amide bonds. The number of rotatable bonds is 3. The molecule has 5 rings (SSSR count). The molecule has 0 aliphatic carbocycles. The number of hydrazine groups is 1. The summed E-state index contributed by atoms with van der Waals surface area (Å²) in [5, 5.41) is 2.49. The van der Waals surface area contributed by atoms with Gasteiger partial charge in [0.1, 0.15) is 17.0 Å². The number of carbonyl (C=O) groups is 2. The Hall–Kier alpha value is -4.30. The van der Waals surface area contributed by atoms with Gasteiger partial charge in [0.15, 0.2) is 0 Å². The summed E-state index contributed by atoms with van der Waals surface area (Å²) in [5.74, 6) is 0.475. The fourth-order valence-corrected chi connectivity index (χ4v) is 5.29. The molecule has 8 nitrogen and oxygen atoms in total. The maximum absolute atomic E-state index is 13.0. The van der Waals surface area contributed by atoms with Gasteiger partial charge in [-0.2, -0.15) is 4.90 Å². The van der Waals surface area contributed by atoms with Crippen LogP contribution in [0.5, 0.6) is 0 Å². The van der Waals surface area contributed by atoms with Crippen molar-refractivity contribution in [2.75, 3.05) is 13.6 Å². The van der Waals surface area contributed by atoms with Crippen molar-refractivity contribution in [2.45, 2.75) is 65.2 Å². The van der Waals surface area contributed by atoms with E-state index in [-0.39, 0.29) is 11.7 Å². The molecular formula is C34H40N4O4. The van der Waals surface area contributed by atoms with Crippen molar-refractivity contribution in [1.29, 1.82) is 0 Å². The lowest BCUT2D eigenvalue weighted by Gasteiger charge is -2.34. The molecule has 3 aromatic rings. The van der Waals surface area contributed by atoms with E-state index < -0.39 is 23.4 Å². The predicted molar refractivity (Wildman–Crippen MR) is 165 cm³/mol. The van der Waals surface area contributed by atoms with Gasteiger partial charge in [-0.3, -0.25) is 10.9 Å². The molecule has 8 heteroatoms. The van der Waals surface area contributed by atoms with Gasteiger partial charge in [-0.25, -0.2) is 9.59 Å². The third-order valence-electron chi connectivity index (χ3n) is 7.07. The van der Waals surface area contributed by atoms with Gasteiger partial charge in [0.2, 0.25) is 0 Å². The summed E-state index contributed by atoms with van der Waals surface area (Å²) >= 11 is 0. The number of carbonyl (C=O) groups excluding carboxylic acids is 2. The lowest BCUT2D eigenvalue weighted by molar-refractivity contribution is 0.00666. The second kappa shape index (κ2) is 11.2. The van der Waals surface area contributed by atoms with Crippen molar-refractivity contribution in [1.82, 2.24) is 20.7 Å². The Morgan fingerprint density at radius 2 is 1.50 bits per heavy atom. The second-order valence-corrected chi connectivity index (χ2v) is 12.9. The van der Waals surface area contributed by atoms with Gasteiger partial charge in [0.25, 0.3) is 0 Å². The summed E-state index contributed by atoms with van der Waals surface area (Å²) in [4.78, 5) is 29.3. The molecule has 0 fully saturated rings. The molecule has 1 atom stereocenters. The first-order valence-corrected chi connectivity index (χ1v) is 14.3. The summed E-state index contributed by atoms with van der Waals surface area (Å²) in [7, 11) is 2.15. The van der Waals surface area contributed by atoms with Crippen molar-refractivity contribution < 1.29 is 19.1 Å². The van der Waals surface area contributed by atoms with E-state index in [1.165, 1.54) is 27.5 Å². The molecule has 0 radical (unpaired) electrons. The maximum atomic E-state index is 13.0. The van der Waals surface area contributed by atoms with Gasteiger partial charge in [-0.05, 0) is 99.8 Å². The van der Waals surface area contributed by atoms with Crippen LogP contribution in [0.25, 0.3) is 16.5 Å². The number of amides is 2. The normalized spacial score (nSPS) is 17.3. The number of allylic oxidation sites excluding steroid dienone is 2. The molecule has 3 aromatic carbocycles. The van der Waals surface area contributed by atoms with Gasteiger partial charge in [-0.15, -0.1) is 0 Å². The monoisotopic (exact) mass is 568 g/mol. The average Bonchev–Trinajstić information content (AvgIpc) is 2.90. The quantitative estimate of drug-likeness (QED) is 0.356. The van der Waals surface area contributed by atoms with E-state index >= 15 is 0 Å². The third-order valence-corrected chi connectivity index (χ3v) is 7.07. The Kier molecular flexibility index (Phi) is 7.77. The average molecular weight is 569 g/mol. The van der Waals surface area contributed by atoms with Gasteiger partial charge in [0.05, 0.1) is 5.70 Å². The molecule has 0 aromatic heterocycles. The molecule has 0 spiro atoms. The molecule has 220 valence electrons. The number of nitrogens with zero attached hydrogens (tertiary/aromatic N) is 2. The summed E-state index contributed by atoms with van der Waals surface area (Å²) in [6, 6.07) is 21.7. The van der Waals surface area contributed by atoms with E-state index in [1.54, 1.807) is 47.6 Å². The number of hydrogen-bond acceptors (Lipinski definition) is 7. The highest BCUT2D eigenvalue weighted by atomic mass is 16.6. The number of likely N-dealkylation sites (N-methyl/N-ethyl adjacent to an activating group) is 1.